The van der Waals surface area contributed by atoms with Crippen LogP contribution in [0, 0.1) is 6.92 Å². The number of thioether (sulfide) groups is 1. The van der Waals surface area contributed by atoms with E-state index in [4.69, 9.17) is 4.74 Å². The van der Waals surface area contributed by atoms with Crippen molar-refractivity contribution in [3.05, 3.63) is 94.4 Å². The number of aromatic nitrogens is 5. The van der Waals surface area contributed by atoms with Crippen LogP contribution in [0.3, 0.4) is 0 Å². The van der Waals surface area contributed by atoms with Crippen molar-refractivity contribution in [3.8, 4) is 11.4 Å². The van der Waals surface area contributed by atoms with Crippen LogP contribution in [0.1, 0.15) is 16.1 Å². The molecule has 0 aliphatic heterocycles. The minimum Gasteiger partial charge on any atom is -0.497 e. The van der Waals surface area contributed by atoms with Gasteiger partial charge in [0, 0.05) is 28.2 Å². The Morgan fingerprint density at radius 3 is 2.61 bits per heavy atom. The number of benzene rings is 3. The number of aromatic amines is 1. The number of H-pyrrole nitrogens is 1. The van der Waals surface area contributed by atoms with Crippen LogP contribution in [0.25, 0.3) is 33.3 Å². The van der Waals surface area contributed by atoms with Crippen molar-refractivity contribution in [2.45, 2.75) is 12.1 Å². The molecule has 0 saturated carbocycles. The number of carbonyl (C=O) groups excluding carboxylic acids is 1. The van der Waals surface area contributed by atoms with E-state index in [-0.39, 0.29) is 17.1 Å². The fourth-order valence-corrected chi connectivity index (χ4v) is 5.40. The highest BCUT2D eigenvalue weighted by Gasteiger charge is 2.21. The van der Waals surface area contributed by atoms with Crippen LogP contribution in [-0.2, 0) is 0 Å². The summed E-state index contributed by atoms with van der Waals surface area (Å²) in [6.45, 7) is 1.91. The molecule has 0 spiro atoms. The van der Waals surface area contributed by atoms with Gasteiger partial charge < -0.3 is 9.72 Å². The Balaban J connectivity index is 1.46. The molecule has 0 amide bonds. The number of para-hydroxylation sites is 2. The normalized spacial score (nSPS) is 11.5. The van der Waals surface area contributed by atoms with Gasteiger partial charge in [0.25, 0.3) is 5.56 Å². The molecule has 6 aromatic rings. The van der Waals surface area contributed by atoms with E-state index < -0.39 is 0 Å². The van der Waals surface area contributed by atoms with Gasteiger partial charge >= 0.3 is 0 Å². The van der Waals surface area contributed by atoms with E-state index >= 15 is 0 Å². The average Bonchev–Trinajstić information content (AvgIpc) is 3.48. The third kappa shape index (κ3) is 3.47. The number of methoxy groups -OCH3 is 1. The van der Waals surface area contributed by atoms with Crippen molar-refractivity contribution in [1.29, 1.82) is 0 Å². The number of ether oxygens (including phenoxy) is 1. The van der Waals surface area contributed by atoms with E-state index in [2.05, 4.69) is 15.2 Å². The predicted molar refractivity (Wildman–Crippen MR) is 141 cm³/mol. The molecule has 0 radical (unpaired) electrons. The average molecular weight is 496 g/mol. The van der Waals surface area contributed by atoms with Gasteiger partial charge in [0.05, 0.1) is 29.5 Å². The van der Waals surface area contributed by atoms with Gasteiger partial charge in [-0.15, -0.1) is 10.2 Å². The molecule has 0 unspecified atom stereocenters. The van der Waals surface area contributed by atoms with Crippen molar-refractivity contribution in [3.63, 3.8) is 0 Å². The van der Waals surface area contributed by atoms with E-state index in [1.165, 1.54) is 16.3 Å². The summed E-state index contributed by atoms with van der Waals surface area (Å²) in [7, 11) is 1.58. The quantitative estimate of drug-likeness (QED) is 0.263. The predicted octanol–water partition coefficient (Wildman–Crippen LogP) is 4.81. The van der Waals surface area contributed by atoms with Gasteiger partial charge in [-0.25, -0.2) is 4.57 Å². The first-order valence-electron chi connectivity index (χ1n) is 11.3. The number of nitrogens with one attached hydrogen (secondary N) is 1. The van der Waals surface area contributed by atoms with E-state index in [0.717, 1.165) is 16.6 Å². The molecule has 178 valence electrons. The van der Waals surface area contributed by atoms with Crippen molar-refractivity contribution in [2.75, 3.05) is 12.9 Å². The Bertz CT molecular complexity index is 1850. The largest absolute Gasteiger partial charge is 0.497 e. The third-order valence-electron chi connectivity index (χ3n) is 6.21. The number of rotatable bonds is 6. The maximum Gasteiger partial charge on any atom is 0.267 e. The summed E-state index contributed by atoms with van der Waals surface area (Å²) in [5.41, 5.74) is 3.55. The van der Waals surface area contributed by atoms with Crippen LogP contribution >= 0.6 is 11.8 Å². The Labute approximate surface area is 209 Å². The number of nitrogens with zero attached hydrogens (tertiary/aromatic N) is 4. The van der Waals surface area contributed by atoms with Crippen LogP contribution < -0.4 is 10.3 Å². The topological polar surface area (TPSA) is 94.3 Å². The summed E-state index contributed by atoms with van der Waals surface area (Å²) in [5.74, 6) is 1.16. The van der Waals surface area contributed by atoms with Crippen LogP contribution in [0.5, 0.6) is 5.75 Å². The van der Waals surface area contributed by atoms with E-state index in [0.29, 0.717) is 38.8 Å². The van der Waals surface area contributed by atoms with Gasteiger partial charge in [-0.2, -0.15) is 0 Å². The van der Waals surface area contributed by atoms with Crippen LogP contribution in [0.15, 0.2) is 82.7 Å². The molecule has 0 aliphatic carbocycles. The first-order chi connectivity index (χ1) is 17.6. The summed E-state index contributed by atoms with van der Waals surface area (Å²) in [5, 5.41) is 10.7. The molecule has 0 fully saturated rings. The number of hydrogen-bond donors (Lipinski definition) is 1. The molecule has 9 heteroatoms. The fourth-order valence-electron chi connectivity index (χ4n) is 4.59. The van der Waals surface area contributed by atoms with E-state index in [9.17, 15) is 9.59 Å². The number of ketones is 1. The number of fused-ring (bicyclic) bond motifs is 4. The molecule has 36 heavy (non-hydrogen) atoms. The van der Waals surface area contributed by atoms with E-state index in [1.54, 1.807) is 19.2 Å². The maximum absolute atomic E-state index is 13.5. The summed E-state index contributed by atoms with van der Waals surface area (Å²) in [6, 6.07) is 22.3. The Kier molecular flexibility index (Phi) is 5.34. The highest BCUT2D eigenvalue weighted by atomic mass is 32.2. The summed E-state index contributed by atoms with van der Waals surface area (Å²) >= 11 is 1.30. The second-order valence-corrected chi connectivity index (χ2v) is 9.30. The van der Waals surface area contributed by atoms with Gasteiger partial charge in [0.15, 0.2) is 10.9 Å². The Morgan fingerprint density at radius 1 is 1.00 bits per heavy atom. The molecule has 0 aliphatic rings. The lowest BCUT2D eigenvalue weighted by atomic mass is 10.1. The molecule has 0 atom stereocenters. The molecule has 0 saturated heterocycles. The molecular weight excluding hydrogens is 474 g/mol. The zero-order valence-electron chi connectivity index (χ0n) is 19.6. The summed E-state index contributed by atoms with van der Waals surface area (Å²) in [6.07, 6.45) is 0. The molecule has 6 rings (SSSR count). The van der Waals surface area contributed by atoms with Gasteiger partial charge in [0.1, 0.15) is 5.75 Å². The number of carbonyl (C=O) groups is 1. The van der Waals surface area contributed by atoms with Crippen LogP contribution in [-0.4, -0.2) is 42.8 Å². The lowest BCUT2D eigenvalue weighted by molar-refractivity contribution is 0.102. The molecule has 3 aromatic heterocycles. The van der Waals surface area contributed by atoms with Gasteiger partial charge in [-0.05, 0) is 37.3 Å². The molecule has 8 nitrogen and oxygen atoms in total. The van der Waals surface area contributed by atoms with Crippen LogP contribution in [0.4, 0.5) is 0 Å². The minimum atomic E-state index is -0.208. The molecule has 3 heterocycles. The molecule has 1 N–H and O–H groups in total. The molecule has 0 bridgehead atoms. The number of aryl methyl sites for hydroxylation is 1. The van der Waals surface area contributed by atoms with Gasteiger partial charge in [-0.3, -0.25) is 14.0 Å². The number of Topliss-reactive ketones (excluding diaryl/α,β-unsaturated/α-hetero) is 1. The van der Waals surface area contributed by atoms with Crippen molar-refractivity contribution < 1.29 is 9.53 Å². The molecule has 3 aromatic carbocycles. The second-order valence-electron chi connectivity index (χ2n) is 8.36. The lowest BCUT2D eigenvalue weighted by Crippen LogP contribution is -2.22. The van der Waals surface area contributed by atoms with Crippen LogP contribution in [0.2, 0.25) is 0 Å². The Morgan fingerprint density at radius 2 is 1.78 bits per heavy atom. The Hall–Kier alpha value is -4.37. The maximum atomic E-state index is 13.5. The first kappa shape index (κ1) is 22.1. The highest BCUT2D eigenvalue weighted by molar-refractivity contribution is 7.99. The number of hydrogen-bond acceptors (Lipinski definition) is 6. The van der Waals surface area contributed by atoms with Crippen molar-refractivity contribution in [2.24, 2.45) is 0 Å². The summed E-state index contributed by atoms with van der Waals surface area (Å²) < 4.78 is 8.71. The molecular formula is C27H21N5O3S. The third-order valence-corrected chi connectivity index (χ3v) is 7.14. The summed E-state index contributed by atoms with van der Waals surface area (Å²) in [4.78, 5) is 30.1. The van der Waals surface area contributed by atoms with Crippen molar-refractivity contribution in [1.82, 2.24) is 24.1 Å². The highest BCUT2D eigenvalue weighted by Crippen LogP contribution is 2.27. The smallest absolute Gasteiger partial charge is 0.267 e. The van der Waals surface area contributed by atoms with E-state index in [1.807, 2.05) is 72.0 Å². The lowest BCUT2D eigenvalue weighted by Gasteiger charge is -2.12. The van der Waals surface area contributed by atoms with Gasteiger partial charge in [-0.1, -0.05) is 48.2 Å². The van der Waals surface area contributed by atoms with Crippen molar-refractivity contribution >= 4 is 45.1 Å². The zero-order chi connectivity index (χ0) is 24.8. The monoisotopic (exact) mass is 495 g/mol. The van der Waals surface area contributed by atoms with Gasteiger partial charge in [0.2, 0.25) is 5.78 Å². The zero-order valence-corrected chi connectivity index (χ0v) is 20.4. The standard InChI is InChI=1S/C27H21N5O3S/c1-16-24(19-10-3-5-12-21(19)28-16)23(33)15-36-27-30-29-26-31(17-8-7-9-18(14-17)35-2)25(34)20-11-4-6-13-22(20)32(26)27/h3-14,28H,15H2,1-2H3. The SMILES string of the molecule is COc1cccc(-n2c(=O)c3ccccc3n3c(SCC(=O)c4c(C)[nH]c5ccccc45)nnc23)c1. The second kappa shape index (κ2) is 8.69. The first-order valence-corrected chi connectivity index (χ1v) is 12.3. The minimum absolute atomic E-state index is 0.00266. The fraction of sp³-hybridized carbons (Fsp3) is 0.111.